The summed E-state index contributed by atoms with van der Waals surface area (Å²) >= 11 is 1.67. The molecule has 0 radical (unpaired) electrons. The number of hydrogen-bond acceptors (Lipinski definition) is 4. The smallest absolute Gasteiger partial charge is 0.133 e. The van der Waals surface area contributed by atoms with E-state index in [1.807, 2.05) is 19.9 Å². The third-order valence-corrected chi connectivity index (χ3v) is 2.63. The van der Waals surface area contributed by atoms with Crippen LogP contribution in [0.2, 0.25) is 0 Å². The minimum Gasteiger partial charge on any atom is -0.395 e. The Bertz CT molecular complexity index is 237. The summed E-state index contributed by atoms with van der Waals surface area (Å²) in [7, 11) is 0. The molecule has 0 saturated carbocycles. The van der Waals surface area contributed by atoms with Gasteiger partial charge < -0.3 is 9.63 Å². The molecule has 12 heavy (non-hydrogen) atoms. The Kier molecular flexibility index (Phi) is 3.62. The molecule has 0 amide bonds. The van der Waals surface area contributed by atoms with E-state index in [4.69, 9.17) is 9.63 Å². The molecule has 68 valence electrons. The van der Waals surface area contributed by atoms with Crippen LogP contribution in [-0.4, -0.2) is 22.1 Å². The minimum atomic E-state index is 0.210. The van der Waals surface area contributed by atoms with Crippen molar-refractivity contribution in [2.45, 2.75) is 24.9 Å². The highest BCUT2D eigenvalue weighted by Gasteiger charge is 2.04. The second-order valence-electron chi connectivity index (χ2n) is 2.73. The lowest BCUT2D eigenvalue weighted by Gasteiger charge is -2.03. The fourth-order valence-electron chi connectivity index (χ4n) is 0.766. The van der Waals surface area contributed by atoms with Crippen molar-refractivity contribution in [3.63, 3.8) is 0 Å². The van der Waals surface area contributed by atoms with Gasteiger partial charge in [0.25, 0.3) is 0 Å². The van der Waals surface area contributed by atoms with Crippen LogP contribution >= 0.6 is 11.8 Å². The molecule has 4 heteroatoms. The van der Waals surface area contributed by atoms with Gasteiger partial charge in [0.05, 0.1) is 12.3 Å². The van der Waals surface area contributed by atoms with E-state index in [2.05, 4.69) is 5.16 Å². The second kappa shape index (κ2) is 4.52. The predicted octanol–water partition coefficient (Wildman–Crippen LogP) is 1.60. The summed E-state index contributed by atoms with van der Waals surface area (Å²) in [5.74, 6) is 1.64. The van der Waals surface area contributed by atoms with Crippen LogP contribution < -0.4 is 0 Å². The van der Waals surface area contributed by atoms with Crippen molar-refractivity contribution in [1.29, 1.82) is 0 Å². The molecule has 0 saturated heterocycles. The van der Waals surface area contributed by atoms with Crippen LogP contribution in [0, 0.1) is 6.92 Å². The van der Waals surface area contributed by atoms with Gasteiger partial charge in [0.2, 0.25) is 0 Å². The molecule has 1 heterocycles. The number of rotatable bonds is 4. The molecule has 3 nitrogen and oxygen atoms in total. The van der Waals surface area contributed by atoms with Gasteiger partial charge in [-0.3, -0.25) is 0 Å². The van der Waals surface area contributed by atoms with Crippen molar-refractivity contribution >= 4 is 11.8 Å². The number of aliphatic hydroxyl groups is 1. The molecule has 1 N–H and O–H groups in total. The van der Waals surface area contributed by atoms with E-state index in [0.29, 0.717) is 0 Å². The summed E-state index contributed by atoms with van der Waals surface area (Å²) in [6, 6.07) is 1.91. The molecule has 0 bridgehead atoms. The summed E-state index contributed by atoms with van der Waals surface area (Å²) in [6.45, 7) is 4.07. The molecule has 0 aromatic carbocycles. The SMILES string of the molecule is Cc1cc(CSC(C)CO)no1. The average molecular weight is 187 g/mol. The van der Waals surface area contributed by atoms with Crippen molar-refractivity contribution < 1.29 is 9.63 Å². The first kappa shape index (κ1) is 9.61. The quantitative estimate of drug-likeness (QED) is 0.777. The number of aliphatic hydroxyl groups excluding tert-OH is 1. The summed E-state index contributed by atoms with van der Waals surface area (Å²) in [6.07, 6.45) is 0. The molecule has 0 fully saturated rings. The molecule has 1 unspecified atom stereocenters. The second-order valence-corrected chi connectivity index (χ2v) is 4.16. The van der Waals surface area contributed by atoms with Gasteiger partial charge in [-0.25, -0.2) is 0 Å². The lowest BCUT2D eigenvalue weighted by Crippen LogP contribution is -2.02. The number of hydrogen-bond donors (Lipinski definition) is 1. The molecule has 1 aromatic rings. The van der Waals surface area contributed by atoms with Crippen molar-refractivity contribution in [3.05, 3.63) is 17.5 Å². The standard InChI is InChI=1S/C8H13NO2S/c1-6-3-8(9-11-6)5-12-7(2)4-10/h3,7,10H,4-5H2,1-2H3. The fraction of sp³-hybridized carbons (Fsp3) is 0.625. The number of thioether (sulfide) groups is 1. The third kappa shape index (κ3) is 2.87. The Morgan fingerprint density at radius 1 is 1.75 bits per heavy atom. The summed E-state index contributed by atoms with van der Waals surface area (Å²) in [4.78, 5) is 0. The highest BCUT2D eigenvalue weighted by atomic mass is 32.2. The van der Waals surface area contributed by atoms with Crippen molar-refractivity contribution in [3.8, 4) is 0 Å². The molecule has 1 aromatic heterocycles. The van der Waals surface area contributed by atoms with Gasteiger partial charge in [-0.2, -0.15) is 0 Å². The predicted molar refractivity (Wildman–Crippen MR) is 49.1 cm³/mol. The fourth-order valence-corrected chi connectivity index (χ4v) is 1.46. The van der Waals surface area contributed by atoms with Crippen LogP contribution in [-0.2, 0) is 5.75 Å². The van der Waals surface area contributed by atoms with E-state index in [9.17, 15) is 0 Å². The maximum absolute atomic E-state index is 8.75. The largest absolute Gasteiger partial charge is 0.395 e. The first-order chi connectivity index (χ1) is 5.72. The maximum Gasteiger partial charge on any atom is 0.133 e. The Hall–Kier alpha value is -0.480. The minimum absolute atomic E-state index is 0.210. The lowest BCUT2D eigenvalue weighted by molar-refractivity contribution is 0.300. The van der Waals surface area contributed by atoms with Gasteiger partial charge in [0.1, 0.15) is 5.76 Å². The van der Waals surface area contributed by atoms with Crippen LogP contribution in [0.3, 0.4) is 0 Å². The van der Waals surface area contributed by atoms with Gasteiger partial charge >= 0.3 is 0 Å². The average Bonchev–Trinajstić information content (AvgIpc) is 2.47. The van der Waals surface area contributed by atoms with E-state index in [0.717, 1.165) is 17.2 Å². The van der Waals surface area contributed by atoms with Gasteiger partial charge in [-0.1, -0.05) is 12.1 Å². The summed E-state index contributed by atoms with van der Waals surface area (Å²) in [5.41, 5.74) is 0.942. The van der Waals surface area contributed by atoms with Gasteiger partial charge in [-0.15, -0.1) is 11.8 Å². The Labute approximate surface area is 76.1 Å². The highest BCUT2D eigenvalue weighted by Crippen LogP contribution is 2.16. The number of nitrogens with zero attached hydrogens (tertiary/aromatic N) is 1. The lowest BCUT2D eigenvalue weighted by atomic mass is 10.4. The van der Waals surface area contributed by atoms with Gasteiger partial charge in [0, 0.05) is 17.1 Å². The maximum atomic E-state index is 8.75. The zero-order valence-corrected chi connectivity index (χ0v) is 8.10. The van der Waals surface area contributed by atoms with Crippen LogP contribution in [0.5, 0.6) is 0 Å². The Balaban J connectivity index is 2.33. The van der Waals surface area contributed by atoms with Crippen LogP contribution in [0.4, 0.5) is 0 Å². The first-order valence-electron chi connectivity index (χ1n) is 3.87. The van der Waals surface area contributed by atoms with Gasteiger partial charge in [0.15, 0.2) is 0 Å². The topological polar surface area (TPSA) is 46.3 Å². The highest BCUT2D eigenvalue weighted by molar-refractivity contribution is 7.99. The summed E-state index contributed by atoms with van der Waals surface area (Å²) < 4.78 is 4.90. The Morgan fingerprint density at radius 3 is 3.00 bits per heavy atom. The molecule has 0 aliphatic rings. The first-order valence-corrected chi connectivity index (χ1v) is 4.92. The molecular weight excluding hydrogens is 174 g/mol. The van der Waals surface area contributed by atoms with Crippen LogP contribution in [0.25, 0.3) is 0 Å². The Morgan fingerprint density at radius 2 is 2.50 bits per heavy atom. The van der Waals surface area contributed by atoms with E-state index >= 15 is 0 Å². The van der Waals surface area contributed by atoms with E-state index < -0.39 is 0 Å². The third-order valence-electron chi connectivity index (χ3n) is 1.45. The van der Waals surface area contributed by atoms with Crippen LogP contribution in [0.15, 0.2) is 10.6 Å². The van der Waals surface area contributed by atoms with Crippen molar-refractivity contribution in [2.24, 2.45) is 0 Å². The normalized spacial score (nSPS) is 13.2. The summed E-state index contributed by atoms with van der Waals surface area (Å²) in [5, 5.41) is 12.9. The van der Waals surface area contributed by atoms with Gasteiger partial charge in [-0.05, 0) is 6.92 Å². The molecular formula is C8H13NO2S. The monoisotopic (exact) mass is 187 g/mol. The molecule has 0 aliphatic heterocycles. The van der Waals surface area contributed by atoms with E-state index in [-0.39, 0.29) is 11.9 Å². The van der Waals surface area contributed by atoms with E-state index in [1.165, 1.54) is 0 Å². The molecule has 1 rings (SSSR count). The number of aromatic nitrogens is 1. The molecule has 0 aliphatic carbocycles. The van der Waals surface area contributed by atoms with E-state index in [1.54, 1.807) is 11.8 Å². The van der Waals surface area contributed by atoms with Crippen LogP contribution in [0.1, 0.15) is 18.4 Å². The molecule has 1 atom stereocenters. The zero-order chi connectivity index (χ0) is 8.97. The van der Waals surface area contributed by atoms with Crippen molar-refractivity contribution in [1.82, 2.24) is 5.16 Å². The molecule has 0 spiro atoms. The zero-order valence-electron chi connectivity index (χ0n) is 7.28. The van der Waals surface area contributed by atoms with Crippen molar-refractivity contribution in [2.75, 3.05) is 6.61 Å². The number of aryl methyl sites for hydroxylation is 1.